The number of hydrogen-bond acceptors (Lipinski definition) is 3. The molecule has 1 aliphatic rings. The fraction of sp³-hybridized carbons (Fsp3) is 0.400. The van der Waals surface area contributed by atoms with Crippen molar-refractivity contribution in [2.24, 2.45) is 21.2 Å². The normalized spacial score (nSPS) is 20.2. The Kier molecular flexibility index (Phi) is 2.71. The molecule has 2 rings (SSSR count). The van der Waals surface area contributed by atoms with Gasteiger partial charge in [0.25, 0.3) is 0 Å². The van der Waals surface area contributed by atoms with Crippen molar-refractivity contribution in [3.05, 3.63) is 23.4 Å². The maximum Gasteiger partial charge on any atom is 0.153 e. The molecule has 78 valence electrons. The Morgan fingerprint density at radius 3 is 3.27 bits per heavy atom. The van der Waals surface area contributed by atoms with Gasteiger partial charge in [-0.1, -0.05) is 12.1 Å². The Balaban J connectivity index is 2.23. The van der Waals surface area contributed by atoms with Crippen molar-refractivity contribution in [3.63, 3.8) is 0 Å². The fourth-order valence-electron chi connectivity index (χ4n) is 1.87. The van der Waals surface area contributed by atoms with Crippen LogP contribution in [0.3, 0.4) is 0 Å². The van der Waals surface area contributed by atoms with Crippen LogP contribution in [-0.4, -0.2) is 11.3 Å². The number of pyridine rings is 1. The minimum Gasteiger partial charge on any atom is -0.305 e. The number of aryl methyl sites for hydroxylation is 1. The molecule has 0 fully saturated rings. The summed E-state index contributed by atoms with van der Waals surface area (Å²) in [6.07, 6.45) is 5.51. The molecule has 0 amide bonds. The zero-order valence-corrected chi connectivity index (χ0v) is 8.59. The predicted molar refractivity (Wildman–Crippen MR) is 58.2 cm³/mol. The Morgan fingerprint density at radius 2 is 2.47 bits per heavy atom. The molecule has 5 heteroatoms. The summed E-state index contributed by atoms with van der Waals surface area (Å²) in [5.74, 6) is 6.13. The van der Waals surface area contributed by atoms with Crippen LogP contribution in [0, 0.1) is 0 Å². The van der Waals surface area contributed by atoms with Crippen LogP contribution in [0.5, 0.6) is 0 Å². The summed E-state index contributed by atoms with van der Waals surface area (Å²) in [6.45, 7) is 2.22. The van der Waals surface area contributed by atoms with E-state index in [1.54, 1.807) is 0 Å². The summed E-state index contributed by atoms with van der Waals surface area (Å²) < 4.78 is 0. The van der Waals surface area contributed by atoms with Crippen LogP contribution in [-0.2, 0) is 6.42 Å². The molecule has 1 aliphatic carbocycles. The zero-order chi connectivity index (χ0) is 10.7. The molecular weight excluding hydrogens is 190 g/mol. The molecule has 0 saturated heterocycles. The van der Waals surface area contributed by atoms with Gasteiger partial charge in [0, 0.05) is 6.20 Å². The van der Waals surface area contributed by atoms with E-state index in [9.17, 15) is 0 Å². The number of hydrogen-bond donors (Lipinski definition) is 1. The molecule has 0 saturated carbocycles. The van der Waals surface area contributed by atoms with E-state index in [2.05, 4.69) is 27.2 Å². The number of fused-ring (bicyclic) bond motifs is 1. The molecule has 1 heterocycles. The topological polar surface area (TPSA) is 76.0 Å². The highest BCUT2D eigenvalue weighted by Crippen LogP contribution is 2.33. The zero-order valence-electron chi connectivity index (χ0n) is 8.59. The van der Waals surface area contributed by atoms with E-state index in [-0.39, 0.29) is 0 Å². The van der Waals surface area contributed by atoms with Crippen molar-refractivity contribution in [1.82, 2.24) is 4.98 Å². The van der Waals surface area contributed by atoms with Gasteiger partial charge in [-0.25, -0.2) is 9.98 Å². The van der Waals surface area contributed by atoms with Gasteiger partial charge in [0.2, 0.25) is 0 Å². The lowest BCUT2D eigenvalue weighted by molar-refractivity contribution is 0.745. The SMILES string of the molecule is CC1CCc2cc(N=CN=NN)ncc21. The number of nitrogens with two attached hydrogens (primary N) is 1. The highest BCUT2D eigenvalue weighted by Gasteiger charge is 2.18. The predicted octanol–water partition coefficient (Wildman–Crippen LogP) is 2.12. The van der Waals surface area contributed by atoms with Crippen LogP contribution < -0.4 is 5.84 Å². The maximum atomic E-state index is 4.85. The summed E-state index contributed by atoms with van der Waals surface area (Å²) in [5, 5.41) is 6.53. The smallest absolute Gasteiger partial charge is 0.153 e. The summed E-state index contributed by atoms with van der Waals surface area (Å²) in [7, 11) is 0. The van der Waals surface area contributed by atoms with Gasteiger partial charge in [0.15, 0.2) is 5.82 Å². The van der Waals surface area contributed by atoms with Crippen molar-refractivity contribution in [2.75, 3.05) is 0 Å². The molecule has 1 aromatic heterocycles. The van der Waals surface area contributed by atoms with Crippen LogP contribution in [0.1, 0.15) is 30.4 Å². The second kappa shape index (κ2) is 4.16. The molecule has 0 aromatic carbocycles. The molecule has 1 atom stereocenters. The number of nitrogens with zero attached hydrogens (tertiary/aromatic N) is 4. The molecule has 0 radical (unpaired) electrons. The lowest BCUT2D eigenvalue weighted by Crippen LogP contribution is -1.88. The summed E-state index contributed by atoms with van der Waals surface area (Å²) >= 11 is 0. The number of aromatic nitrogens is 1. The van der Waals surface area contributed by atoms with Crippen LogP contribution in [0.2, 0.25) is 0 Å². The van der Waals surface area contributed by atoms with Gasteiger partial charge < -0.3 is 5.84 Å². The van der Waals surface area contributed by atoms with Crippen molar-refractivity contribution in [1.29, 1.82) is 0 Å². The van der Waals surface area contributed by atoms with E-state index in [4.69, 9.17) is 5.84 Å². The third-order valence-electron chi connectivity index (χ3n) is 2.70. The summed E-state index contributed by atoms with van der Waals surface area (Å²) in [5.41, 5.74) is 2.68. The maximum absolute atomic E-state index is 4.85. The average Bonchev–Trinajstić information content (AvgIpc) is 2.61. The third-order valence-corrected chi connectivity index (χ3v) is 2.70. The first-order valence-electron chi connectivity index (χ1n) is 4.92. The van der Waals surface area contributed by atoms with Gasteiger partial charge >= 0.3 is 0 Å². The van der Waals surface area contributed by atoms with Crippen molar-refractivity contribution in [2.45, 2.75) is 25.7 Å². The molecule has 5 nitrogen and oxygen atoms in total. The average molecular weight is 203 g/mol. The molecule has 1 aromatic rings. The lowest BCUT2D eigenvalue weighted by atomic mass is 10.1. The first-order valence-corrected chi connectivity index (χ1v) is 4.92. The van der Waals surface area contributed by atoms with E-state index < -0.39 is 0 Å². The number of rotatable bonds is 2. The summed E-state index contributed by atoms with van der Waals surface area (Å²) in [6, 6.07) is 2.00. The molecule has 15 heavy (non-hydrogen) atoms. The van der Waals surface area contributed by atoms with Crippen LogP contribution in [0.15, 0.2) is 27.6 Å². The second-order valence-electron chi connectivity index (χ2n) is 3.66. The van der Waals surface area contributed by atoms with Crippen LogP contribution in [0.25, 0.3) is 0 Å². The quantitative estimate of drug-likeness (QED) is 0.263. The van der Waals surface area contributed by atoms with Gasteiger partial charge in [-0.3, -0.25) is 0 Å². The van der Waals surface area contributed by atoms with E-state index in [1.165, 1.54) is 23.9 Å². The van der Waals surface area contributed by atoms with Crippen molar-refractivity contribution >= 4 is 12.2 Å². The van der Waals surface area contributed by atoms with Gasteiger partial charge in [0.1, 0.15) is 6.34 Å². The Labute approximate surface area is 88.1 Å². The molecule has 2 N–H and O–H groups in total. The number of aliphatic imine (C=N–C) groups is 1. The molecule has 0 spiro atoms. The van der Waals surface area contributed by atoms with Crippen LogP contribution >= 0.6 is 0 Å². The monoisotopic (exact) mass is 203 g/mol. The molecule has 0 aliphatic heterocycles. The standard InChI is InChI=1S/C10H13N5/c1-7-2-3-8-4-10(12-5-9(7)8)13-6-14-15-11/h4-7H,2-3H2,1H3,(H2,11,12,13,14). The van der Waals surface area contributed by atoms with Gasteiger partial charge in [0.05, 0.1) is 0 Å². The van der Waals surface area contributed by atoms with Gasteiger partial charge in [-0.15, -0.1) is 5.11 Å². The first-order chi connectivity index (χ1) is 7.31. The van der Waals surface area contributed by atoms with E-state index in [0.29, 0.717) is 11.7 Å². The Morgan fingerprint density at radius 1 is 1.60 bits per heavy atom. The van der Waals surface area contributed by atoms with Crippen LogP contribution in [0.4, 0.5) is 5.82 Å². The highest BCUT2D eigenvalue weighted by molar-refractivity contribution is 5.60. The Bertz CT molecular complexity index is 410. The molecular formula is C10H13N5. The lowest BCUT2D eigenvalue weighted by Gasteiger charge is -2.02. The first kappa shape index (κ1) is 9.76. The summed E-state index contributed by atoms with van der Waals surface area (Å²) in [4.78, 5) is 8.25. The minimum atomic E-state index is 0.620. The van der Waals surface area contributed by atoms with E-state index in [1.807, 2.05) is 12.3 Å². The second-order valence-corrected chi connectivity index (χ2v) is 3.66. The van der Waals surface area contributed by atoms with E-state index in [0.717, 1.165) is 6.42 Å². The molecule has 0 bridgehead atoms. The largest absolute Gasteiger partial charge is 0.305 e. The highest BCUT2D eigenvalue weighted by atomic mass is 15.3. The molecule has 1 unspecified atom stereocenters. The van der Waals surface area contributed by atoms with E-state index >= 15 is 0 Å². The third kappa shape index (κ3) is 2.01. The van der Waals surface area contributed by atoms with Gasteiger partial charge in [-0.05, 0) is 36.0 Å². The van der Waals surface area contributed by atoms with Crippen molar-refractivity contribution < 1.29 is 0 Å². The van der Waals surface area contributed by atoms with Gasteiger partial charge in [-0.2, -0.15) is 0 Å². The minimum absolute atomic E-state index is 0.620. The Hall–Kier alpha value is -1.78. The fourth-order valence-corrected chi connectivity index (χ4v) is 1.87. The van der Waals surface area contributed by atoms with Crippen molar-refractivity contribution in [3.8, 4) is 0 Å².